The molecule has 2 nitrogen and oxygen atoms in total. The molecule has 1 N–H and O–H groups in total. The number of nitrogens with one attached hydrogen (secondary N) is 1. The van der Waals surface area contributed by atoms with Gasteiger partial charge in [0.2, 0.25) is 0 Å². The smallest absolute Gasteiger partial charge is 0.0581 e. The van der Waals surface area contributed by atoms with E-state index in [0.29, 0.717) is 6.10 Å². The minimum Gasteiger partial charge on any atom is -0.378 e. The van der Waals surface area contributed by atoms with Crippen LogP contribution in [0.2, 0.25) is 0 Å². The highest BCUT2D eigenvalue weighted by molar-refractivity contribution is 7.99. The summed E-state index contributed by atoms with van der Waals surface area (Å²) in [7, 11) is 2.02. The molecule has 1 aliphatic carbocycles. The molecule has 1 rings (SSSR count). The molecule has 0 unspecified atom stereocenters. The highest BCUT2D eigenvalue weighted by Crippen LogP contribution is 2.29. The molecule has 1 fully saturated rings. The van der Waals surface area contributed by atoms with Crippen molar-refractivity contribution in [1.82, 2.24) is 5.32 Å². The first-order valence-electron chi connectivity index (χ1n) is 5.70. The van der Waals surface area contributed by atoms with Crippen LogP contribution in [0.25, 0.3) is 0 Å². The maximum atomic E-state index is 5.76. The predicted octanol–water partition coefficient (Wildman–Crippen LogP) is 2.14. The summed E-state index contributed by atoms with van der Waals surface area (Å²) < 4.78 is 5.76. The summed E-state index contributed by atoms with van der Waals surface area (Å²) in [6.07, 6.45) is 4.31. The fourth-order valence-electron chi connectivity index (χ4n) is 1.82. The van der Waals surface area contributed by atoms with E-state index >= 15 is 0 Å². The van der Waals surface area contributed by atoms with Gasteiger partial charge < -0.3 is 10.1 Å². The molecule has 0 spiro atoms. The molecular weight excluding hydrogens is 194 g/mol. The van der Waals surface area contributed by atoms with Gasteiger partial charge in [0.1, 0.15) is 0 Å². The van der Waals surface area contributed by atoms with Gasteiger partial charge in [-0.1, -0.05) is 6.92 Å². The van der Waals surface area contributed by atoms with Crippen molar-refractivity contribution in [2.75, 3.05) is 31.7 Å². The lowest BCUT2D eigenvalue weighted by atomic mass is 9.82. The van der Waals surface area contributed by atoms with Gasteiger partial charge in [-0.05, 0) is 50.3 Å². The maximum Gasteiger partial charge on any atom is 0.0581 e. The Morgan fingerprint density at radius 3 is 2.86 bits per heavy atom. The lowest BCUT2D eigenvalue weighted by Gasteiger charge is -2.35. The van der Waals surface area contributed by atoms with E-state index in [9.17, 15) is 0 Å². The van der Waals surface area contributed by atoms with Crippen LogP contribution in [0.1, 0.15) is 26.2 Å². The Morgan fingerprint density at radius 1 is 1.43 bits per heavy atom. The van der Waals surface area contributed by atoms with E-state index in [-0.39, 0.29) is 0 Å². The van der Waals surface area contributed by atoms with Crippen LogP contribution in [0.3, 0.4) is 0 Å². The molecule has 0 heterocycles. The summed E-state index contributed by atoms with van der Waals surface area (Å²) in [5.41, 5.74) is 0. The zero-order valence-corrected chi connectivity index (χ0v) is 10.2. The second-order valence-corrected chi connectivity index (χ2v) is 5.33. The quantitative estimate of drug-likeness (QED) is 0.629. The first-order valence-corrected chi connectivity index (χ1v) is 6.86. The molecule has 0 aromatic rings. The lowest BCUT2D eigenvalue weighted by molar-refractivity contribution is -0.0287. The zero-order valence-electron chi connectivity index (χ0n) is 9.42. The van der Waals surface area contributed by atoms with Gasteiger partial charge in [0.15, 0.2) is 0 Å². The van der Waals surface area contributed by atoms with E-state index in [1.807, 2.05) is 18.8 Å². The molecule has 84 valence electrons. The maximum absolute atomic E-state index is 5.76. The molecular formula is C11H23NOS. The normalized spacial score (nSPS) is 26.1. The van der Waals surface area contributed by atoms with Gasteiger partial charge in [-0.3, -0.25) is 0 Å². The van der Waals surface area contributed by atoms with Crippen molar-refractivity contribution in [1.29, 1.82) is 0 Å². The van der Waals surface area contributed by atoms with Crippen molar-refractivity contribution in [3.05, 3.63) is 0 Å². The Hall–Kier alpha value is 0.270. The lowest BCUT2D eigenvalue weighted by Crippen LogP contribution is -2.37. The van der Waals surface area contributed by atoms with Gasteiger partial charge in [-0.15, -0.1) is 0 Å². The molecule has 14 heavy (non-hydrogen) atoms. The van der Waals surface area contributed by atoms with Crippen LogP contribution < -0.4 is 5.32 Å². The third-order valence-corrected chi connectivity index (χ3v) is 3.66. The molecule has 0 bridgehead atoms. The first-order chi connectivity index (χ1) is 6.86. The Bertz CT molecular complexity index is 137. The molecule has 3 heteroatoms. The Balaban J connectivity index is 1.81. The van der Waals surface area contributed by atoms with Gasteiger partial charge in [-0.25, -0.2) is 0 Å². The van der Waals surface area contributed by atoms with Crippen molar-refractivity contribution >= 4 is 11.8 Å². The van der Waals surface area contributed by atoms with Crippen molar-refractivity contribution in [2.45, 2.75) is 32.3 Å². The van der Waals surface area contributed by atoms with Gasteiger partial charge >= 0.3 is 0 Å². The average Bonchev–Trinajstić information content (AvgIpc) is 2.13. The Labute approximate surface area is 92.2 Å². The SMILES string of the molecule is CCSCCCOC1CC(CNC)C1. The van der Waals surface area contributed by atoms with E-state index in [4.69, 9.17) is 4.74 Å². The predicted molar refractivity (Wildman–Crippen MR) is 64.0 cm³/mol. The molecule has 0 amide bonds. The summed E-state index contributed by atoms with van der Waals surface area (Å²) in [6.45, 7) is 4.33. The van der Waals surface area contributed by atoms with E-state index in [2.05, 4.69) is 12.2 Å². The van der Waals surface area contributed by atoms with Crippen molar-refractivity contribution in [2.24, 2.45) is 5.92 Å². The van der Waals surface area contributed by atoms with E-state index in [0.717, 1.165) is 19.1 Å². The van der Waals surface area contributed by atoms with Crippen LogP contribution in [0.15, 0.2) is 0 Å². The number of hydrogen-bond acceptors (Lipinski definition) is 3. The fourth-order valence-corrected chi connectivity index (χ4v) is 2.43. The van der Waals surface area contributed by atoms with Crippen LogP contribution in [-0.4, -0.2) is 37.8 Å². The molecule has 0 radical (unpaired) electrons. The summed E-state index contributed by atoms with van der Waals surface area (Å²) >= 11 is 2.00. The monoisotopic (exact) mass is 217 g/mol. The Kier molecular flexibility index (Phi) is 6.65. The second-order valence-electron chi connectivity index (χ2n) is 3.94. The summed E-state index contributed by atoms with van der Waals surface area (Å²) in [5.74, 6) is 3.35. The average molecular weight is 217 g/mol. The molecule has 1 aliphatic rings. The van der Waals surface area contributed by atoms with Crippen molar-refractivity contribution in [3.63, 3.8) is 0 Å². The number of thioether (sulfide) groups is 1. The van der Waals surface area contributed by atoms with Crippen LogP contribution in [0, 0.1) is 5.92 Å². The highest BCUT2D eigenvalue weighted by Gasteiger charge is 2.28. The minimum atomic E-state index is 0.569. The number of ether oxygens (including phenoxy) is 1. The van der Waals surface area contributed by atoms with Crippen molar-refractivity contribution < 1.29 is 4.74 Å². The largest absolute Gasteiger partial charge is 0.378 e. The molecule has 0 aromatic heterocycles. The fraction of sp³-hybridized carbons (Fsp3) is 1.00. The van der Waals surface area contributed by atoms with E-state index < -0.39 is 0 Å². The summed E-state index contributed by atoms with van der Waals surface area (Å²) in [6, 6.07) is 0. The van der Waals surface area contributed by atoms with E-state index in [1.165, 1.54) is 30.8 Å². The van der Waals surface area contributed by atoms with Gasteiger partial charge in [0.05, 0.1) is 6.10 Å². The molecule has 0 aromatic carbocycles. The molecule has 1 saturated carbocycles. The molecule has 0 saturated heterocycles. The van der Waals surface area contributed by atoms with E-state index in [1.54, 1.807) is 0 Å². The van der Waals surface area contributed by atoms with Gasteiger partial charge in [0.25, 0.3) is 0 Å². The van der Waals surface area contributed by atoms with Crippen LogP contribution in [-0.2, 0) is 4.74 Å². The summed E-state index contributed by atoms with van der Waals surface area (Å²) in [4.78, 5) is 0. The molecule has 0 aliphatic heterocycles. The third-order valence-electron chi connectivity index (χ3n) is 2.68. The topological polar surface area (TPSA) is 21.3 Å². The van der Waals surface area contributed by atoms with Gasteiger partial charge in [0, 0.05) is 6.61 Å². The third kappa shape index (κ3) is 4.67. The zero-order chi connectivity index (χ0) is 10.2. The summed E-state index contributed by atoms with van der Waals surface area (Å²) in [5, 5.41) is 3.22. The Morgan fingerprint density at radius 2 is 2.21 bits per heavy atom. The van der Waals surface area contributed by atoms with Crippen molar-refractivity contribution in [3.8, 4) is 0 Å². The van der Waals surface area contributed by atoms with Crippen LogP contribution in [0.4, 0.5) is 0 Å². The second kappa shape index (κ2) is 7.55. The standard InChI is InChI=1S/C11H23NOS/c1-3-14-6-4-5-13-11-7-10(8-11)9-12-2/h10-12H,3-9H2,1-2H3. The van der Waals surface area contributed by atoms with Crippen LogP contribution >= 0.6 is 11.8 Å². The minimum absolute atomic E-state index is 0.569. The highest BCUT2D eigenvalue weighted by atomic mass is 32.2. The number of rotatable bonds is 8. The van der Waals surface area contributed by atoms with Gasteiger partial charge in [-0.2, -0.15) is 11.8 Å². The van der Waals surface area contributed by atoms with Crippen LogP contribution in [0.5, 0.6) is 0 Å². The first kappa shape index (κ1) is 12.3. The molecule has 0 atom stereocenters. The number of hydrogen-bond donors (Lipinski definition) is 1.